The molecule has 1 atom stereocenters. The summed E-state index contributed by atoms with van der Waals surface area (Å²) in [6, 6.07) is 0. The third-order valence-electron chi connectivity index (χ3n) is 1.98. The molecule has 90 valence electrons. The monoisotopic (exact) mass is 228 g/mol. The van der Waals surface area contributed by atoms with E-state index in [0.717, 1.165) is 0 Å². The number of ether oxygens (including phenoxy) is 1. The molecule has 0 aliphatic heterocycles. The number of methoxy groups -OCH3 is 1. The molecule has 0 bridgehead atoms. The first-order chi connectivity index (χ1) is 7.54. The van der Waals surface area contributed by atoms with Gasteiger partial charge in [-0.25, -0.2) is 4.98 Å². The van der Waals surface area contributed by atoms with Gasteiger partial charge in [0.15, 0.2) is 0 Å². The molecule has 16 heavy (non-hydrogen) atoms. The molecule has 1 unspecified atom stereocenters. The first kappa shape index (κ1) is 12.6. The second-order valence-electron chi connectivity index (χ2n) is 3.54. The number of carbonyl (C=O) groups excluding carboxylic acids is 1. The van der Waals surface area contributed by atoms with Crippen LogP contribution in [0, 0.1) is 6.92 Å². The average molecular weight is 228 g/mol. The van der Waals surface area contributed by atoms with Gasteiger partial charge in [-0.15, -0.1) is 5.10 Å². The van der Waals surface area contributed by atoms with E-state index in [9.17, 15) is 9.90 Å². The number of rotatable bonds is 5. The fraction of sp³-hybridized carbons (Fsp3) is 0.667. The number of hydrogen-bond donors (Lipinski definition) is 2. The number of aliphatic hydroxyl groups excluding tert-OH is 1. The summed E-state index contributed by atoms with van der Waals surface area (Å²) in [6.07, 6.45) is -0.709. The summed E-state index contributed by atoms with van der Waals surface area (Å²) in [4.78, 5) is 17.0. The highest BCUT2D eigenvalue weighted by Gasteiger charge is 2.18. The van der Waals surface area contributed by atoms with Crippen molar-refractivity contribution in [3.8, 4) is 0 Å². The second-order valence-corrected chi connectivity index (χ2v) is 3.54. The van der Waals surface area contributed by atoms with Crippen molar-refractivity contribution >= 4 is 5.91 Å². The number of hydrogen-bond acceptors (Lipinski definition) is 5. The van der Waals surface area contributed by atoms with E-state index in [1.54, 1.807) is 14.0 Å². The highest BCUT2D eigenvalue weighted by Crippen LogP contribution is 1.98. The predicted molar refractivity (Wildman–Crippen MR) is 56.0 cm³/mol. The van der Waals surface area contributed by atoms with Crippen LogP contribution in [0.4, 0.5) is 0 Å². The van der Waals surface area contributed by atoms with Crippen LogP contribution in [0.1, 0.15) is 16.4 Å². The van der Waals surface area contributed by atoms with Crippen LogP contribution in [0.2, 0.25) is 0 Å². The van der Waals surface area contributed by atoms with Crippen molar-refractivity contribution in [2.24, 2.45) is 0 Å². The molecule has 1 amide bonds. The Labute approximate surface area is 93.4 Å². The van der Waals surface area contributed by atoms with Gasteiger partial charge < -0.3 is 14.7 Å². The van der Waals surface area contributed by atoms with Crippen molar-refractivity contribution in [1.82, 2.24) is 20.1 Å². The molecule has 1 rings (SSSR count). The van der Waals surface area contributed by atoms with Gasteiger partial charge in [0.2, 0.25) is 5.82 Å². The maximum Gasteiger partial charge on any atom is 0.293 e. The van der Waals surface area contributed by atoms with Gasteiger partial charge in [0.05, 0.1) is 12.7 Å². The molecule has 0 saturated carbocycles. The Hall–Kier alpha value is -1.47. The molecule has 1 heterocycles. The average Bonchev–Trinajstić information content (AvgIpc) is 2.64. The number of nitrogens with one attached hydrogen (secondary N) is 1. The Morgan fingerprint density at radius 2 is 2.38 bits per heavy atom. The van der Waals surface area contributed by atoms with Crippen LogP contribution in [-0.2, 0) is 4.74 Å². The standard InChI is InChI=1S/C9H16N4O3/c1-6-10-8(12-11-6)9(15)13(2)4-7(14)5-16-3/h7,14H,4-5H2,1-3H3,(H,10,11,12). The second kappa shape index (κ2) is 5.57. The third-order valence-corrected chi connectivity index (χ3v) is 1.98. The quantitative estimate of drug-likeness (QED) is 0.688. The summed E-state index contributed by atoms with van der Waals surface area (Å²) in [7, 11) is 3.07. The number of H-pyrrole nitrogens is 1. The summed E-state index contributed by atoms with van der Waals surface area (Å²) in [6.45, 7) is 2.08. The van der Waals surface area contributed by atoms with E-state index in [4.69, 9.17) is 4.74 Å². The number of aryl methyl sites for hydroxylation is 1. The molecule has 7 heteroatoms. The van der Waals surface area contributed by atoms with Crippen molar-refractivity contribution in [2.45, 2.75) is 13.0 Å². The number of aromatic nitrogens is 3. The zero-order valence-electron chi connectivity index (χ0n) is 9.60. The van der Waals surface area contributed by atoms with Crippen LogP contribution in [-0.4, -0.2) is 64.5 Å². The number of amides is 1. The zero-order valence-corrected chi connectivity index (χ0v) is 9.60. The van der Waals surface area contributed by atoms with E-state index in [0.29, 0.717) is 5.82 Å². The van der Waals surface area contributed by atoms with Gasteiger partial charge in [-0.05, 0) is 6.92 Å². The predicted octanol–water partition coefficient (Wildman–Crippen LogP) is -0.808. The fourth-order valence-electron chi connectivity index (χ4n) is 1.25. The van der Waals surface area contributed by atoms with Gasteiger partial charge in [-0.2, -0.15) is 0 Å². The Kier molecular flexibility index (Phi) is 4.39. The zero-order chi connectivity index (χ0) is 12.1. The summed E-state index contributed by atoms with van der Waals surface area (Å²) >= 11 is 0. The van der Waals surface area contributed by atoms with E-state index < -0.39 is 6.10 Å². The molecular formula is C9H16N4O3. The lowest BCUT2D eigenvalue weighted by atomic mass is 10.3. The SMILES string of the molecule is COCC(O)CN(C)C(=O)c1n[nH]c(C)n1. The van der Waals surface area contributed by atoms with Gasteiger partial charge in [0.1, 0.15) is 5.82 Å². The molecule has 0 radical (unpaired) electrons. The first-order valence-corrected chi connectivity index (χ1v) is 4.86. The van der Waals surface area contributed by atoms with Crippen molar-refractivity contribution in [3.05, 3.63) is 11.6 Å². The van der Waals surface area contributed by atoms with Crippen LogP contribution >= 0.6 is 0 Å². The smallest absolute Gasteiger partial charge is 0.293 e. The molecule has 0 spiro atoms. The van der Waals surface area contributed by atoms with Crippen LogP contribution < -0.4 is 0 Å². The highest BCUT2D eigenvalue weighted by molar-refractivity contribution is 5.90. The Morgan fingerprint density at radius 3 is 2.88 bits per heavy atom. The van der Waals surface area contributed by atoms with Crippen molar-refractivity contribution in [3.63, 3.8) is 0 Å². The molecule has 1 aromatic rings. The van der Waals surface area contributed by atoms with Crippen LogP contribution in [0.3, 0.4) is 0 Å². The summed E-state index contributed by atoms with van der Waals surface area (Å²) in [5.74, 6) is 0.346. The van der Waals surface area contributed by atoms with E-state index in [1.165, 1.54) is 12.0 Å². The van der Waals surface area contributed by atoms with Gasteiger partial charge >= 0.3 is 0 Å². The summed E-state index contributed by atoms with van der Waals surface area (Å²) in [5.41, 5.74) is 0. The lowest BCUT2D eigenvalue weighted by molar-refractivity contribution is 0.0375. The van der Waals surface area contributed by atoms with Crippen LogP contribution in [0.25, 0.3) is 0 Å². The summed E-state index contributed by atoms with van der Waals surface area (Å²) < 4.78 is 4.77. The molecular weight excluding hydrogens is 212 g/mol. The molecule has 0 aromatic carbocycles. The van der Waals surface area contributed by atoms with Crippen LogP contribution in [0.5, 0.6) is 0 Å². The largest absolute Gasteiger partial charge is 0.389 e. The lowest BCUT2D eigenvalue weighted by Crippen LogP contribution is -2.36. The number of nitrogens with zero attached hydrogens (tertiary/aromatic N) is 3. The third kappa shape index (κ3) is 3.28. The van der Waals surface area contributed by atoms with Crippen molar-refractivity contribution in [2.75, 3.05) is 27.3 Å². The first-order valence-electron chi connectivity index (χ1n) is 4.86. The van der Waals surface area contributed by atoms with Gasteiger partial charge in [0, 0.05) is 20.7 Å². The van der Waals surface area contributed by atoms with Crippen LogP contribution in [0.15, 0.2) is 0 Å². The number of carbonyl (C=O) groups is 1. The minimum Gasteiger partial charge on any atom is -0.389 e. The maximum atomic E-state index is 11.7. The molecule has 0 saturated heterocycles. The fourth-order valence-corrected chi connectivity index (χ4v) is 1.25. The van der Waals surface area contributed by atoms with Gasteiger partial charge in [-0.3, -0.25) is 9.89 Å². The Balaban J connectivity index is 2.54. The Bertz CT molecular complexity index is 352. The van der Waals surface area contributed by atoms with E-state index in [-0.39, 0.29) is 24.9 Å². The van der Waals surface area contributed by atoms with Crippen molar-refractivity contribution < 1.29 is 14.6 Å². The summed E-state index contributed by atoms with van der Waals surface area (Å²) in [5, 5.41) is 15.8. The minimum atomic E-state index is -0.709. The molecule has 0 aliphatic rings. The molecule has 1 aromatic heterocycles. The molecule has 0 aliphatic carbocycles. The number of aromatic amines is 1. The normalized spacial score (nSPS) is 12.5. The maximum absolute atomic E-state index is 11.7. The molecule has 0 fully saturated rings. The minimum absolute atomic E-state index is 0.101. The van der Waals surface area contributed by atoms with Crippen molar-refractivity contribution in [1.29, 1.82) is 0 Å². The molecule has 7 nitrogen and oxygen atoms in total. The van der Waals surface area contributed by atoms with E-state index in [1.807, 2.05) is 0 Å². The lowest BCUT2D eigenvalue weighted by Gasteiger charge is -2.18. The molecule has 2 N–H and O–H groups in total. The topological polar surface area (TPSA) is 91.3 Å². The number of aliphatic hydroxyl groups is 1. The van der Waals surface area contributed by atoms with E-state index >= 15 is 0 Å². The van der Waals surface area contributed by atoms with E-state index in [2.05, 4.69) is 15.2 Å². The van der Waals surface area contributed by atoms with Gasteiger partial charge in [-0.1, -0.05) is 0 Å². The van der Waals surface area contributed by atoms with Gasteiger partial charge in [0.25, 0.3) is 5.91 Å². The highest BCUT2D eigenvalue weighted by atomic mass is 16.5. The Morgan fingerprint density at radius 1 is 1.69 bits per heavy atom. The number of likely N-dealkylation sites (N-methyl/N-ethyl adjacent to an activating group) is 1.